The van der Waals surface area contributed by atoms with Crippen molar-refractivity contribution in [3.05, 3.63) is 58.1 Å². The Bertz CT molecular complexity index is 657. The van der Waals surface area contributed by atoms with Crippen LogP contribution in [0.25, 0.3) is 0 Å². The number of benzene rings is 2. The topological polar surface area (TPSA) is 39.1 Å². The Labute approximate surface area is 134 Å². The molecule has 0 spiro atoms. The van der Waals surface area contributed by atoms with Gasteiger partial charge in [0.05, 0.1) is 23.0 Å². The van der Waals surface area contributed by atoms with E-state index >= 15 is 0 Å². The highest BCUT2D eigenvalue weighted by Gasteiger charge is 2.10. The molecule has 2 aromatic rings. The Hall–Kier alpha value is -1.99. The Morgan fingerprint density at radius 1 is 1.14 bits per heavy atom. The minimum Gasteiger partial charge on any atom is -0.377 e. The third-order valence-electron chi connectivity index (χ3n) is 3.35. The second-order valence-corrected chi connectivity index (χ2v) is 6.07. The second kappa shape index (κ2) is 6.64. The van der Waals surface area contributed by atoms with E-state index in [1.165, 1.54) is 0 Å². The molecule has 0 fully saturated rings. The van der Waals surface area contributed by atoms with Gasteiger partial charge in [-0.2, -0.15) is 5.26 Å². The van der Waals surface area contributed by atoms with Gasteiger partial charge in [0.1, 0.15) is 0 Å². The zero-order chi connectivity index (χ0) is 15.4. The zero-order valence-electron chi connectivity index (χ0n) is 12.4. The number of halogens is 1. The lowest BCUT2D eigenvalue weighted by molar-refractivity contribution is 0.882. The first kappa shape index (κ1) is 15.4. The van der Waals surface area contributed by atoms with Crippen molar-refractivity contribution in [3.8, 4) is 6.07 Å². The van der Waals surface area contributed by atoms with E-state index in [0.29, 0.717) is 5.56 Å². The largest absolute Gasteiger partial charge is 0.377 e. The maximum Gasteiger partial charge on any atom is 0.0991 e. The van der Waals surface area contributed by atoms with Gasteiger partial charge in [-0.15, -0.1) is 0 Å². The normalized spacial score (nSPS) is 11.6. The summed E-state index contributed by atoms with van der Waals surface area (Å²) in [6.07, 6.45) is 0. The van der Waals surface area contributed by atoms with Crippen molar-refractivity contribution in [1.82, 2.24) is 0 Å². The van der Waals surface area contributed by atoms with Gasteiger partial charge in [-0.05, 0) is 42.8 Å². The molecule has 0 heterocycles. The molecule has 0 aliphatic carbocycles. The minimum absolute atomic E-state index is 0.158. The van der Waals surface area contributed by atoms with Crippen LogP contribution in [-0.4, -0.2) is 14.1 Å². The van der Waals surface area contributed by atoms with Gasteiger partial charge < -0.3 is 10.2 Å². The van der Waals surface area contributed by atoms with Crippen LogP contribution < -0.4 is 10.2 Å². The van der Waals surface area contributed by atoms with Crippen molar-refractivity contribution in [2.45, 2.75) is 13.0 Å². The first-order valence-electron chi connectivity index (χ1n) is 6.74. The first-order valence-corrected chi connectivity index (χ1v) is 7.54. The van der Waals surface area contributed by atoms with E-state index in [9.17, 15) is 0 Å². The SMILES string of the molecule is CC(Nc1cc(Br)ccc1N(C)C)c1ccc(C#N)cc1. The number of hydrogen-bond acceptors (Lipinski definition) is 3. The molecule has 0 saturated heterocycles. The van der Waals surface area contributed by atoms with Crippen molar-refractivity contribution >= 4 is 27.3 Å². The number of nitrogens with one attached hydrogen (secondary N) is 1. The van der Waals surface area contributed by atoms with E-state index in [0.717, 1.165) is 21.4 Å². The van der Waals surface area contributed by atoms with Gasteiger partial charge in [0.2, 0.25) is 0 Å². The highest BCUT2D eigenvalue weighted by Crippen LogP contribution is 2.31. The van der Waals surface area contributed by atoms with Gasteiger partial charge in [0, 0.05) is 24.6 Å². The number of hydrogen-bond donors (Lipinski definition) is 1. The van der Waals surface area contributed by atoms with E-state index in [1.807, 2.05) is 44.4 Å². The van der Waals surface area contributed by atoms with E-state index in [4.69, 9.17) is 5.26 Å². The fraction of sp³-hybridized carbons (Fsp3) is 0.235. The summed E-state index contributed by atoms with van der Waals surface area (Å²) in [6, 6.07) is 16.2. The summed E-state index contributed by atoms with van der Waals surface area (Å²) in [7, 11) is 4.06. The molecule has 108 valence electrons. The lowest BCUT2D eigenvalue weighted by atomic mass is 10.1. The van der Waals surface area contributed by atoms with Crippen molar-refractivity contribution < 1.29 is 0 Å². The highest BCUT2D eigenvalue weighted by atomic mass is 79.9. The molecule has 0 aliphatic heterocycles. The van der Waals surface area contributed by atoms with Crippen LogP contribution in [-0.2, 0) is 0 Å². The van der Waals surface area contributed by atoms with Crippen LogP contribution in [0.2, 0.25) is 0 Å². The summed E-state index contributed by atoms with van der Waals surface area (Å²) in [6.45, 7) is 2.11. The van der Waals surface area contributed by atoms with E-state index in [-0.39, 0.29) is 6.04 Å². The minimum atomic E-state index is 0.158. The van der Waals surface area contributed by atoms with Gasteiger partial charge in [0.15, 0.2) is 0 Å². The molecule has 0 aromatic heterocycles. The van der Waals surface area contributed by atoms with Crippen molar-refractivity contribution in [3.63, 3.8) is 0 Å². The molecule has 0 bridgehead atoms. The van der Waals surface area contributed by atoms with Gasteiger partial charge in [0.25, 0.3) is 0 Å². The van der Waals surface area contributed by atoms with Crippen molar-refractivity contribution in [2.75, 3.05) is 24.3 Å². The summed E-state index contributed by atoms with van der Waals surface area (Å²) in [5, 5.41) is 12.4. The van der Waals surface area contributed by atoms with E-state index in [2.05, 4.69) is 51.3 Å². The zero-order valence-corrected chi connectivity index (χ0v) is 14.0. The molecule has 2 aromatic carbocycles. The van der Waals surface area contributed by atoms with E-state index < -0.39 is 0 Å². The molecule has 21 heavy (non-hydrogen) atoms. The van der Waals surface area contributed by atoms with Crippen LogP contribution >= 0.6 is 15.9 Å². The molecule has 0 saturated carbocycles. The van der Waals surface area contributed by atoms with Gasteiger partial charge in [-0.1, -0.05) is 28.1 Å². The Morgan fingerprint density at radius 3 is 2.38 bits per heavy atom. The van der Waals surface area contributed by atoms with Crippen LogP contribution in [0.4, 0.5) is 11.4 Å². The molecule has 1 unspecified atom stereocenters. The molecule has 4 heteroatoms. The monoisotopic (exact) mass is 343 g/mol. The number of nitrogens with zero attached hydrogens (tertiary/aromatic N) is 2. The van der Waals surface area contributed by atoms with Crippen molar-refractivity contribution in [1.29, 1.82) is 5.26 Å². The third kappa shape index (κ3) is 3.77. The molecule has 1 atom stereocenters. The Morgan fingerprint density at radius 2 is 1.81 bits per heavy atom. The number of anilines is 2. The quantitative estimate of drug-likeness (QED) is 0.884. The molecular formula is C17H18BrN3. The van der Waals surface area contributed by atoms with Gasteiger partial charge >= 0.3 is 0 Å². The lowest BCUT2D eigenvalue weighted by Gasteiger charge is -2.22. The Balaban J connectivity index is 2.24. The fourth-order valence-electron chi connectivity index (χ4n) is 2.18. The predicted octanol–water partition coefficient (Wildman–Crippen LogP) is 4.56. The molecule has 0 aliphatic rings. The van der Waals surface area contributed by atoms with Gasteiger partial charge in [-0.25, -0.2) is 0 Å². The summed E-state index contributed by atoms with van der Waals surface area (Å²) in [4.78, 5) is 2.08. The number of nitriles is 1. The molecular weight excluding hydrogens is 326 g/mol. The number of rotatable bonds is 4. The van der Waals surface area contributed by atoms with Crippen molar-refractivity contribution in [2.24, 2.45) is 0 Å². The van der Waals surface area contributed by atoms with Gasteiger partial charge in [-0.3, -0.25) is 0 Å². The molecule has 0 radical (unpaired) electrons. The summed E-state index contributed by atoms with van der Waals surface area (Å²) in [5.41, 5.74) is 4.05. The van der Waals surface area contributed by atoms with E-state index in [1.54, 1.807) is 0 Å². The average Bonchev–Trinajstić information content (AvgIpc) is 2.47. The maximum atomic E-state index is 8.85. The maximum absolute atomic E-state index is 8.85. The smallest absolute Gasteiger partial charge is 0.0991 e. The van der Waals surface area contributed by atoms with Crippen LogP contribution in [0.1, 0.15) is 24.1 Å². The molecule has 1 N–H and O–H groups in total. The standard InChI is InChI=1S/C17H18BrN3/c1-12(14-6-4-13(11-19)5-7-14)20-16-10-15(18)8-9-17(16)21(2)3/h4-10,12,20H,1-3H3. The predicted molar refractivity (Wildman–Crippen MR) is 91.7 cm³/mol. The molecule has 2 rings (SSSR count). The first-order chi connectivity index (χ1) is 10.0. The third-order valence-corrected chi connectivity index (χ3v) is 3.85. The summed E-state index contributed by atoms with van der Waals surface area (Å²) >= 11 is 3.52. The van der Waals surface area contributed by atoms with Crippen LogP contribution in [0.15, 0.2) is 46.9 Å². The van der Waals surface area contributed by atoms with Crippen LogP contribution in [0.5, 0.6) is 0 Å². The average molecular weight is 344 g/mol. The summed E-state index contributed by atoms with van der Waals surface area (Å²) in [5.74, 6) is 0. The fourth-order valence-corrected chi connectivity index (χ4v) is 2.54. The lowest BCUT2D eigenvalue weighted by Crippen LogP contribution is -2.14. The van der Waals surface area contributed by atoms with Crippen LogP contribution in [0.3, 0.4) is 0 Å². The highest BCUT2D eigenvalue weighted by molar-refractivity contribution is 9.10. The second-order valence-electron chi connectivity index (χ2n) is 5.16. The summed E-state index contributed by atoms with van der Waals surface area (Å²) < 4.78 is 1.04. The Kier molecular flexibility index (Phi) is 4.87. The molecule has 0 amide bonds. The van der Waals surface area contributed by atoms with Crippen LogP contribution in [0, 0.1) is 11.3 Å². The molecule has 3 nitrogen and oxygen atoms in total.